The van der Waals surface area contributed by atoms with Crippen LogP contribution in [-0.4, -0.2) is 25.4 Å². The first-order chi connectivity index (χ1) is 4.66. The Kier molecular flexibility index (Phi) is 5.16. The van der Waals surface area contributed by atoms with Gasteiger partial charge in [0.05, 0.1) is 19.5 Å². The van der Waals surface area contributed by atoms with Crippen LogP contribution in [0.2, 0.25) is 0 Å². The molecule has 60 valence electrons. The quantitative estimate of drug-likeness (QED) is 0.466. The molecule has 3 nitrogen and oxygen atoms in total. The molecule has 0 aliphatic carbocycles. The summed E-state index contributed by atoms with van der Waals surface area (Å²) in [6, 6.07) is 0. The summed E-state index contributed by atoms with van der Waals surface area (Å²) >= 11 is 0. The van der Waals surface area contributed by atoms with Gasteiger partial charge in [-0.25, -0.2) is 0 Å². The third-order valence-corrected chi connectivity index (χ3v) is 1.33. The van der Waals surface area contributed by atoms with Crippen molar-refractivity contribution in [1.82, 2.24) is 0 Å². The van der Waals surface area contributed by atoms with Crippen LogP contribution in [0.5, 0.6) is 0 Å². The molecular weight excluding hydrogens is 128 g/mol. The van der Waals surface area contributed by atoms with Crippen molar-refractivity contribution in [1.29, 1.82) is 0 Å². The van der Waals surface area contributed by atoms with Gasteiger partial charge in [-0.3, -0.25) is 4.79 Å². The van der Waals surface area contributed by atoms with Crippen LogP contribution < -0.4 is 10.6 Å². The van der Waals surface area contributed by atoms with E-state index in [-0.39, 0.29) is 5.78 Å². The number of hydrogen-bond donors (Lipinski definition) is 2. The number of Topliss-reactive ketones (excluding diaryl/α,β-unsaturated/α-hetero) is 1. The molecule has 0 aliphatic rings. The predicted molar refractivity (Wildman–Crippen MR) is 40.4 cm³/mol. The van der Waals surface area contributed by atoms with E-state index in [0.717, 1.165) is 18.0 Å². The first kappa shape index (κ1) is 9.59. The van der Waals surface area contributed by atoms with Crippen molar-refractivity contribution in [3.05, 3.63) is 7.05 Å². The van der Waals surface area contributed by atoms with Crippen LogP contribution in [0.1, 0.15) is 13.3 Å². The van der Waals surface area contributed by atoms with Crippen LogP contribution in [0.25, 0.3) is 0 Å². The first-order valence-corrected chi connectivity index (χ1v) is 3.53. The Morgan fingerprint density at radius 3 is 2.60 bits per heavy atom. The number of hydrogen-bond acceptors (Lipinski definition) is 2. The summed E-state index contributed by atoms with van der Waals surface area (Å²) in [5.41, 5.74) is 5.29. The summed E-state index contributed by atoms with van der Waals surface area (Å²) in [4.78, 5) is 11.6. The number of nitrogens with two attached hydrogens (primary N) is 1. The zero-order chi connectivity index (χ0) is 7.98. The van der Waals surface area contributed by atoms with Crippen molar-refractivity contribution >= 4 is 5.78 Å². The minimum Gasteiger partial charge on any atom is -0.466 e. The second-order valence-corrected chi connectivity index (χ2v) is 2.49. The van der Waals surface area contributed by atoms with E-state index in [1.54, 1.807) is 6.92 Å². The summed E-state index contributed by atoms with van der Waals surface area (Å²) < 4.78 is 0. The Labute approximate surface area is 62.2 Å². The number of ketones is 1. The van der Waals surface area contributed by atoms with Gasteiger partial charge >= 0.3 is 0 Å². The predicted octanol–water partition coefficient (Wildman–Crippen LogP) is -1.40. The highest BCUT2D eigenvalue weighted by Gasteiger charge is 1.96. The lowest BCUT2D eigenvalue weighted by Gasteiger charge is -2.18. The normalized spacial score (nSPS) is 13.1. The van der Waals surface area contributed by atoms with Crippen molar-refractivity contribution in [3.8, 4) is 0 Å². The fraction of sp³-hybridized carbons (Fsp3) is 0.714. The van der Waals surface area contributed by atoms with Gasteiger partial charge in [-0.15, -0.1) is 0 Å². The maximum absolute atomic E-state index is 10.5. The summed E-state index contributed by atoms with van der Waals surface area (Å²) in [5.74, 6) is 0.221. The molecule has 1 unspecified atom stereocenters. The number of carbonyl (C=O) groups is 1. The van der Waals surface area contributed by atoms with Gasteiger partial charge in [0.25, 0.3) is 0 Å². The fourth-order valence-electron chi connectivity index (χ4n) is 0.682. The summed E-state index contributed by atoms with van der Waals surface area (Å²) in [7, 11) is 3.78. The topological polar surface area (TPSA) is 47.5 Å². The van der Waals surface area contributed by atoms with Crippen LogP contribution >= 0.6 is 0 Å². The summed E-state index contributed by atoms with van der Waals surface area (Å²) in [5, 5.41) is 0. The van der Waals surface area contributed by atoms with Crippen LogP contribution in [0.4, 0.5) is 0 Å². The maximum atomic E-state index is 10.5. The molecule has 0 aliphatic heterocycles. The second kappa shape index (κ2) is 5.38. The minimum atomic E-state index is 0.221. The second-order valence-electron chi connectivity index (χ2n) is 2.49. The van der Waals surface area contributed by atoms with E-state index in [4.69, 9.17) is 5.73 Å². The molecule has 10 heavy (non-hydrogen) atoms. The molecule has 0 saturated heterocycles. The molecule has 3 N–H and O–H groups in total. The van der Waals surface area contributed by atoms with Crippen molar-refractivity contribution < 1.29 is 9.69 Å². The monoisotopic (exact) mass is 144 g/mol. The molecule has 0 radical (unpaired) electrons. The van der Waals surface area contributed by atoms with E-state index < -0.39 is 0 Å². The Bertz CT molecular complexity index is 104. The van der Waals surface area contributed by atoms with Gasteiger partial charge in [0.15, 0.2) is 0 Å². The van der Waals surface area contributed by atoms with Gasteiger partial charge in [-0.05, 0) is 6.92 Å². The third kappa shape index (κ3) is 5.72. The molecule has 0 aromatic carbocycles. The lowest BCUT2D eigenvalue weighted by Crippen LogP contribution is -3.07. The summed E-state index contributed by atoms with van der Waals surface area (Å²) in [6.45, 7) is 3.87. The molecule has 0 heterocycles. The summed E-state index contributed by atoms with van der Waals surface area (Å²) in [6.07, 6.45) is 0.610. The first-order valence-electron chi connectivity index (χ1n) is 3.53. The lowest BCUT2D eigenvalue weighted by atomic mass is 10.3. The lowest BCUT2D eigenvalue weighted by molar-refractivity contribution is -0.851. The highest BCUT2D eigenvalue weighted by atomic mass is 16.1. The SMILES string of the molecule is [CH2-][NH+](CCN)CCC(C)=O. The maximum Gasteiger partial charge on any atom is 0.135 e. The van der Waals surface area contributed by atoms with E-state index in [0.29, 0.717) is 13.0 Å². The molecule has 0 bridgehead atoms. The Morgan fingerprint density at radius 2 is 2.20 bits per heavy atom. The Balaban J connectivity index is 3.21. The molecule has 1 atom stereocenters. The molecule has 0 spiro atoms. The van der Waals surface area contributed by atoms with Gasteiger partial charge in [0.2, 0.25) is 0 Å². The molecule has 0 aromatic rings. The smallest absolute Gasteiger partial charge is 0.135 e. The highest BCUT2D eigenvalue weighted by molar-refractivity contribution is 5.75. The largest absolute Gasteiger partial charge is 0.466 e. The van der Waals surface area contributed by atoms with E-state index in [2.05, 4.69) is 7.05 Å². The average molecular weight is 144 g/mol. The van der Waals surface area contributed by atoms with E-state index in [1.165, 1.54) is 0 Å². The number of carbonyl (C=O) groups excluding carboxylic acids is 1. The molecule has 0 amide bonds. The van der Waals surface area contributed by atoms with Crippen LogP contribution in [0.3, 0.4) is 0 Å². The number of quaternary nitrogens is 1. The van der Waals surface area contributed by atoms with E-state index >= 15 is 0 Å². The standard InChI is InChI=1S/C7H16N2O/c1-7(10)3-5-9(2)6-4-8/h9H,2-6,8H2,1H3. The highest BCUT2D eigenvalue weighted by Crippen LogP contribution is 1.73. The molecule has 0 fully saturated rings. The van der Waals surface area contributed by atoms with Crippen LogP contribution in [0, 0.1) is 7.05 Å². The van der Waals surface area contributed by atoms with Crippen LogP contribution in [0.15, 0.2) is 0 Å². The van der Waals surface area contributed by atoms with Crippen molar-refractivity contribution in [3.63, 3.8) is 0 Å². The molecule has 0 rings (SSSR count). The zero-order valence-corrected chi connectivity index (χ0v) is 6.52. The average Bonchev–Trinajstić information content (AvgIpc) is 1.85. The zero-order valence-electron chi connectivity index (χ0n) is 6.52. The molecular formula is C7H16N2O. The Hall–Kier alpha value is -0.410. The fourth-order valence-corrected chi connectivity index (χ4v) is 0.682. The van der Waals surface area contributed by atoms with Crippen molar-refractivity contribution in [2.75, 3.05) is 19.6 Å². The molecule has 0 saturated carbocycles. The minimum absolute atomic E-state index is 0.221. The number of nitrogens with one attached hydrogen (secondary N) is 1. The van der Waals surface area contributed by atoms with Gasteiger partial charge in [0.1, 0.15) is 5.78 Å². The molecule has 3 heteroatoms. The molecule has 0 aromatic heterocycles. The van der Waals surface area contributed by atoms with Crippen LogP contribution in [-0.2, 0) is 4.79 Å². The van der Waals surface area contributed by atoms with Crippen molar-refractivity contribution in [2.24, 2.45) is 5.73 Å². The van der Waals surface area contributed by atoms with E-state index in [1.807, 2.05) is 0 Å². The van der Waals surface area contributed by atoms with Crippen molar-refractivity contribution in [2.45, 2.75) is 13.3 Å². The van der Waals surface area contributed by atoms with Gasteiger partial charge in [-0.1, -0.05) is 0 Å². The van der Waals surface area contributed by atoms with E-state index in [9.17, 15) is 4.79 Å². The van der Waals surface area contributed by atoms with Gasteiger partial charge < -0.3 is 10.6 Å². The third-order valence-electron chi connectivity index (χ3n) is 1.33. The Morgan fingerprint density at radius 1 is 1.60 bits per heavy atom. The number of rotatable bonds is 5. The van der Waals surface area contributed by atoms with Gasteiger partial charge in [-0.2, -0.15) is 7.05 Å². The van der Waals surface area contributed by atoms with Gasteiger partial charge in [0, 0.05) is 6.54 Å².